The van der Waals surface area contributed by atoms with Crippen LogP contribution in [0, 0.1) is 11.8 Å². The lowest BCUT2D eigenvalue weighted by Crippen LogP contribution is -2.28. The zero-order valence-electron chi connectivity index (χ0n) is 10.6. The Morgan fingerprint density at radius 3 is 2.89 bits per heavy atom. The van der Waals surface area contributed by atoms with Crippen molar-refractivity contribution in [1.29, 1.82) is 0 Å². The molecule has 19 heavy (non-hydrogen) atoms. The fourth-order valence-electron chi connectivity index (χ4n) is 3.32. The number of nitrogen functional groups attached to an aromatic ring is 1. The summed E-state index contributed by atoms with van der Waals surface area (Å²) >= 11 is 0. The van der Waals surface area contributed by atoms with Gasteiger partial charge in [-0.1, -0.05) is 0 Å². The van der Waals surface area contributed by atoms with E-state index in [0.29, 0.717) is 23.0 Å². The Morgan fingerprint density at radius 2 is 2.21 bits per heavy atom. The molecule has 6 nitrogen and oxygen atoms in total. The zero-order chi connectivity index (χ0) is 13.6. The van der Waals surface area contributed by atoms with Crippen molar-refractivity contribution in [2.75, 3.05) is 23.7 Å². The minimum absolute atomic E-state index is 0.235. The largest absolute Gasteiger partial charge is 0.397 e. The number of primary amides is 1. The highest BCUT2D eigenvalue weighted by atomic mass is 16.3. The van der Waals surface area contributed by atoms with Crippen LogP contribution in [0.2, 0.25) is 0 Å². The third kappa shape index (κ3) is 2.02. The molecule has 3 atom stereocenters. The van der Waals surface area contributed by atoms with Crippen LogP contribution in [0.15, 0.2) is 12.3 Å². The minimum atomic E-state index is -0.521. The lowest BCUT2D eigenvalue weighted by molar-refractivity contribution is 0.100. The molecule has 0 radical (unpaired) electrons. The number of carbonyl (C=O) groups excluding carboxylic acids is 1. The molecule has 2 aliphatic rings. The van der Waals surface area contributed by atoms with E-state index in [2.05, 4.69) is 4.98 Å². The predicted molar refractivity (Wildman–Crippen MR) is 71.6 cm³/mol. The molecular formula is C13H18N4O2. The molecule has 0 spiro atoms. The molecule has 1 aliphatic heterocycles. The summed E-state index contributed by atoms with van der Waals surface area (Å²) in [6.07, 6.45) is 3.21. The van der Waals surface area contributed by atoms with E-state index in [1.54, 1.807) is 6.07 Å². The Balaban J connectivity index is 1.90. The van der Waals surface area contributed by atoms with Gasteiger partial charge in [-0.25, -0.2) is 4.98 Å². The topological polar surface area (TPSA) is 105 Å². The van der Waals surface area contributed by atoms with Crippen LogP contribution < -0.4 is 16.4 Å². The average Bonchev–Trinajstić information content (AvgIpc) is 2.92. The van der Waals surface area contributed by atoms with Crippen LogP contribution in [0.4, 0.5) is 11.5 Å². The van der Waals surface area contributed by atoms with Crippen molar-refractivity contribution in [3.63, 3.8) is 0 Å². The van der Waals surface area contributed by atoms with Gasteiger partial charge < -0.3 is 21.5 Å². The summed E-state index contributed by atoms with van der Waals surface area (Å²) in [6.45, 7) is 1.54. The monoisotopic (exact) mass is 262 g/mol. The maximum atomic E-state index is 11.5. The van der Waals surface area contributed by atoms with Gasteiger partial charge in [0.15, 0.2) is 0 Å². The Bertz CT molecular complexity index is 519. The second kappa shape index (κ2) is 4.38. The highest BCUT2D eigenvalue weighted by Gasteiger charge is 2.42. The van der Waals surface area contributed by atoms with Crippen molar-refractivity contribution in [2.24, 2.45) is 17.6 Å². The Morgan fingerprint density at radius 1 is 1.42 bits per heavy atom. The van der Waals surface area contributed by atoms with Crippen molar-refractivity contribution in [1.82, 2.24) is 4.98 Å². The number of amides is 1. The van der Waals surface area contributed by atoms with E-state index in [4.69, 9.17) is 11.5 Å². The molecule has 0 bridgehead atoms. The van der Waals surface area contributed by atoms with Gasteiger partial charge in [0, 0.05) is 19.0 Å². The number of rotatable bonds is 2. The summed E-state index contributed by atoms with van der Waals surface area (Å²) in [5.74, 6) is 0.825. The SMILES string of the molecule is NC(=O)c1cc(N)cnc1N1CC2CCC(O)C2C1. The van der Waals surface area contributed by atoms with Crippen molar-refractivity contribution >= 4 is 17.4 Å². The fourth-order valence-corrected chi connectivity index (χ4v) is 3.32. The number of hydrogen-bond donors (Lipinski definition) is 3. The Labute approximate surface area is 111 Å². The molecule has 1 saturated heterocycles. The number of anilines is 2. The third-order valence-electron chi connectivity index (χ3n) is 4.27. The summed E-state index contributed by atoms with van der Waals surface area (Å²) in [6, 6.07) is 1.56. The first-order valence-electron chi connectivity index (χ1n) is 6.54. The molecule has 3 unspecified atom stereocenters. The molecule has 1 aromatic heterocycles. The van der Waals surface area contributed by atoms with Gasteiger partial charge in [0.1, 0.15) is 5.82 Å². The molecule has 2 fully saturated rings. The van der Waals surface area contributed by atoms with Crippen molar-refractivity contribution in [3.05, 3.63) is 17.8 Å². The van der Waals surface area contributed by atoms with Crippen LogP contribution in [0.3, 0.4) is 0 Å². The first-order chi connectivity index (χ1) is 9.06. The third-order valence-corrected chi connectivity index (χ3v) is 4.27. The maximum Gasteiger partial charge on any atom is 0.252 e. The molecule has 6 heteroatoms. The lowest BCUT2D eigenvalue weighted by atomic mass is 10.00. The second-order valence-electron chi connectivity index (χ2n) is 5.48. The van der Waals surface area contributed by atoms with Crippen molar-refractivity contribution < 1.29 is 9.90 Å². The van der Waals surface area contributed by atoms with E-state index in [-0.39, 0.29) is 12.0 Å². The average molecular weight is 262 g/mol. The van der Waals surface area contributed by atoms with Crippen LogP contribution in [0.1, 0.15) is 23.2 Å². The van der Waals surface area contributed by atoms with E-state index in [1.165, 1.54) is 6.20 Å². The van der Waals surface area contributed by atoms with Gasteiger partial charge in [-0.2, -0.15) is 0 Å². The quantitative estimate of drug-likeness (QED) is 0.694. The minimum Gasteiger partial charge on any atom is -0.397 e. The van der Waals surface area contributed by atoms with Gasteiger partial charge in [0.05, 0.1) is 23.6 Å². The van der Waals surface area contributed by atoms with Crippen LogP contribution >= 0.6 is 0 Å². The van der Waals surface area contributed by atoms with Crippen LogP contribution in [0.5, 0.6) is 0 Å². The predicted octanol–water partition coefficient (Wildman–Crippen LogP) is -0.0302. The molecule has 0 aromatic carbocycles. The van der Waals surface area contributed by atoms with Crippen LogP contribution in [0.25, 0.3) is 0 Å². The van der Waals surface area contributed by atoms with Gasteiger partial charge in [-0.05, 0) is 24.8 Å². The second-order valence-corrected chi connectivity index (χ2v) is 5.48. The summed E-state index contributed by atoms with van der Waals surface area (Å²) in [5.41, 5.74) is 11.8. The standard InChI is InChI=1S/C13H18N4O2/c14-8-3-9(12(15)19)13(16-4-8)17-5-7-1-2-11(18)10(7)6-17/h3-4,7,10-11,18H,1-2,5-6,14H2,(H2,15,19). The molecule has 1 aromatic rings. The fraction of sp³-hybridized carbons (Fsp3) is 0.538. The summed E-state index contributed by atoms with van der Waals surface area (Å²) in [5, 5.41) is 9.93. The smallest absolute Gasteiger partial charge is 0.252 e. The normalized spacial score (nSPS) is 29.5. The van der Waals surface area contributed by atoms with E-state index < -0.39 is 5.91 Å². The van der Waals surface area contributed by atoms with Gasteiger partial charge in [-0.15, -0.1) is 0 Å². The van der Waals surface area contributed by atoms with E-state index >= 15 is 0 Å². The number of nitrogens with two attached hydrogens (primary N) is 2. The summed E-state index contributed by atoms with van der Waals surface area (Å²) < 4.78 is 0. The van der Waals surface area contributed by atoms with Crippen LogP contribution in [-0.4, -0.2) is 35.2 Å². The maximum absolute atomic E-state index is 11.5. The van der Waals surface area contributed by atoms with Crippen molar-refractivity contribution in [3.8, 4) is 0 Å². The molecule has 1 amide bonds. The highest BCUT2D eigenvalue weighted by Crippen LogP contribution is 2.40. The Kier molecular flexibility index (Phi) is 2.82. The van der Waals surface area contributed by atoms with Crippen molar-refractivity contribution in [2.45, 2.75) is 18.9 Å². The molecular weight excluding hydrogens is 244 g/mol. The first kappa shape index (κ1) is 12.2. The Hall–Kier alpha value is -1.82. The molecule has 102 valence electrons. The number of nitrogens with zero attached hydrogens (tertiary/aromatic N) is 2. The van der Waals surface area contributed by atoms with Gasteiger partial charge in [0.25, 0.3) is 5.91 Å². The summed E-state index contributed by atoms with van der Waals surface area (Å²) in [7, 11) is 0. The molecule has 5 N–H and O–H groups in total. The van der Waals surface area contributed by atoms with Crippen LogP contribution in [-0.2, 0) is 0 Å². The van der Waals surface area contributed by atoms with Gasteiger partial charge in [-0.3, -0.25) is 4.79 Å². The number of carbonyl (C=O) groups is 1. The molecule has 1 aliphatic carbocycles. The molecule has 3 rings (SSSR count). The highest BCUT2D eigenvalue weighted by molar-refractivity contribution is 5.98. The number of hydrogen-bond acceptors (Lipinski definition) is 5. The van der Waals surface area contributed by atoms with Gasteiger partial charge in [0.2, 0.25) is 0 Å². The number of aliphatic hydroxyl groups is 1. The molecule has 2 heterocycles. The zero-order valence-corrected chi connectivity index (χ0v) is 10.6. The van der Waals surface area contributed by atoms with E-state index in [9.17, 15) is 9.90 Å². The van der Waals surface area contributed by atoms with E-state index in [0.717, 1.165) is 25.9 Å². The van der Waals surface area contributed by atoms with Gasteiger partial charge >= 0.3 is 0 Å². The molecule has 1 saturated carbocycles. The number of aliphatic hydroxyl groups excluding tert-OH is 1. The number of aromatic nitrogens is 1. The van der Waals surface area contributed by atoms with E-state index in [1.807, 2.05) is 4.90 Å². The first-order valence-corrected chi connectivity index (χ1v) is 6.54. The summed E-state index contributed by atoms with van der Waals surface area (Å²) in [4.78, 5) is 17.8. The lowest BCUT2D eigenvalue weighted by Gasteiger charge is -2.21. The number of pyridine rings is 1. The number of fused-ring (bicyclic) bond motifs is 1.